The topological polar surface area (TPSA) is 66.4 Å². The van der Waals surface area contributed by atoms with Crippen LogP contribution in [0.2, 0.25) is 10.0 Å². The maximum Gasteiger partial charge on any atom is 0.310 e. The van der Waals surface area contributed by atoms with Gasteiger partial charge < -0.3 is 10.4 Å². The van der Waals surface area contributed by atoms with Crippen LogP contribution in [0.1, 0.15) is 12.0 Å². The first-order chi connectivity index (χ1) is 9.45. The van der Waals surface area contributed by atoms with E-state index in [0.717, 1.165) is 0 Å². The first-order valence-corrected chi connectivity index (χ1v) is 6.85. The van der Waals surface area contributed by atoms with Gasteiger partial charge >= 0.3 is 5.97 Å². The Hall–Kier alpha value is -1.52. The number of hydrogen-bond donors (Lipinski definition) is 2. The smallest absolute Gasteiger partial charge is 0.310 e. The molecule has 20 heavy (non-hydrogen) atoms. The zero-order valence-corrected chi connectivity index (χ0v) is 12.0. The SMILES string of the molecule is O=C(Cc1ccc(Cl)cc1Cl)NC1C=CC(C(=O)O)C1. The van der Waals surface area contributed by atoms with Crippen molar-refractivity contribution >= 4 is 35.1 Å². The molecule has 0 saturated carbocycles. The third-order valence-corrected chi connectivity index (χ3v) is 3.70. The zero-order valence-electron chi connectivity index (χ0n) is 10.5. The Morgan fingerprint density at radius 1 is 1.30 bits per heavy atom. The summed E-state index contributed by atoms with van der Waals surface area (Å²) in [7, 11) is 0. The molecule has 0 bridgehead atoms. The largest absolute Gasteiger partial charge is 0.481 e. The standard InChI is InChI=1S/C14H13Cl2NO3/c15-10-3-1-8(12(16)7-10)6-13(18)17-11-4-2-9(5-11)14(19)20/h1-4,7,9,11H,5-6H2,(H,17,18)(H,19,20). The van der Waals surface area contributed by atoms with Crippen LogP contribution in [0.3, 0.4) is 0 Å². The molecule has 1 aromatic carbocycles. The summed E-state index contributed by atoms with van der Waals surface area (Å²) in [5, 5.41) is 12.6. The average molecular weight is 314 g/mol. The second-order valence-corrected chi connectivity index (χ2v) is 5.50. The Balaban J connectivity index is 1.90. The number of carboxylic acid groups (broad SMARTS) is 1. The van der Waals surface area contributed by atoms with Gasteiger partial charge in [-0.25, -0.2) is 0 Å². The molecule has 0 fully saturated rings. The molecule has 0 radical (unpaired) electrons. The normalized spacial score (nSPS) is 20.9. The van der Waals surface area contributed by atoms with Gasteiger partial charge in [-0.2, -0.15) is 0 Å². The number of hydrogen-bond acceptors (Lipinski definition) is 2. The van der Waals surface area contributed by atoms with Gasteiger partial charge in [0, 0.05) is 16.1 Å². The van der Waals surface area contributed by atoms with Crippen LogP contribution in [-0.2, 0) is 16.0 Å². The molecule has 106 valence electrons. The van der Waals surface area contributed by atoms with Crippen LogP contribution in [0.15, 0.2) is 30.4 Å². The Morgan fingerprint density at radius 3 is 2.65 bits per heavy atom. The molecule has 1 aliphatic carbocycles. The van der Waals surface area contributed by atoms with Crippen molar-refractivity contribution in [1.29, 1.82) is 0 Å². The van der Waals surface area contributed by atoms with Crippen molar-refractivity contribution in [2.24, 2.45) is 5.92 Å². The number of aliphatic carboxylic acids is 1. The lowest BCUT2D eigenvalue weighted by atomic mass is 10.1. The van der Waals surface area contributed by atoms with Crippen LogP contribution in [0.25, 0.3) is 0 Å². The van der Waals surface area contributed by atoms with Crippen LogP contribution in [-0.4, -0.2) is 23.0 Å². The minimum absolute atomic E-state index is 0.137. The van der Waals surface area contributed by atoms with Gasteiger partial charge in [-0.1, -0.05) is 41.4 Å². The van der Waals surface area contributed by atoms with Gasteiger partial charge in [-0.05, 0) is 24.1 Å². The number of halogens is 2. The summed E-state index contributed by atoms with van der Waals surface area (Å²) in [6.07, 6.45) is 3.83. The Labute approximate surface area is 126 Å². The number of amides is 1. The fourth-order valence-corrected chi connectivity index (χ4v) is 2.56. The third-order valence-electron chi connectivity index (χ3n) is 3.11. The molecular weight excluding hydrogens is 301 g/mol. The molecule has 4 nitrogen and oxygen atoms in total. The van der Waals surface area contributed by atoms with Crippen LogP contribution in [0.4, 0.5) is 0 Å². The van der Waals surface area contributed by atoms with Gasteiger partial charge in [0.25, 0.3) is 0 Å². The summed E-state index contributed by atoms with van der Waals surface area (Å²) in [4.78, 5) is 22.7. The molecule has 0 spiro atoms. The van der Waals surface area contributed by atoms with Crippen LogP contribution < -0.4 is 5.32 Å². The lowest BCUT2D eigenvalue weighted by molar-refractivity contribution is -0.140. The molecule has 0 aromatic heterocycles. The number of carboxylic acids is 1. The quantitative estimate of drug-likeness (QED) is 0.840. The molecule has 0 aliphatic heterocycles. The molecule has 1 amide bonds. The summed E-state index contributed by atoms with van der Waals surface area (Å²) >= 11 is 11.8. The zero-order chi connectivity index (χ0) is 14.7. The molecule has 6 heteroatoms. The van der Waals surface area contributed by atoms with Gasteiger partial charge in [0.05, 0.1) is 12.3 Å². The van der Waals surface area contributed by atoms with E-state index in [1.165, 1.54) is 0 Å². The second kappa shape index (κ2) is 6.29. The van der Waals surface area contributed by atoms with Gasteiger partial charge in [-0.15, -0.1) is 0 Å². The maximum absolute atomic E-state index is 11.9. The Bertz CT molecular complexity index is 572. The van der Waals surface area contributed by atoms with Crippen molar-refractivity contribution < 1.29 is 14.7 Å². The summed E-state index contributed by atoms with van der Waals surface area (Å²) < 4.78 is 0. The molecular formula is C14H13Cl2NO3. The van der Waals surface area contributed by atoms with E-state index in [-0.39, 0.29) is 18.4 Å². The maximum atomic E-state index is 11.9. The van der Waals surface area contributed by atoms with E-state index in [0.29, 0.717) is 22.0 Å². The third kappa shape index (κ3) is 3.74. The van der Waals surface area contributed by atoms with Crippen LogP contribution >= 0.6 is 23.2 Å². The first kappa shape index (κ1) is 14.9. The summed E-state index contributed by atoms with van der Waals surface area (Å²) in [5.41, 5.74) is 0.685. The highest BCUT2D eigenvalue weighted by Crippen LogP contribution is 2.22. The fourth-order valence-electron chi connectivity index (χ4n) is 2.08. The van der Waals surface area contributed by atoms with Crippen molar-refractivity contribution in [3.8, 4) is 0 Å². The highest BCUT2D eigenvalue weighted by atomic mass is 35.5. The lowest BCUT2D eigenvalue weighted by Gasteiger charge is -2.12. The van der Waals surface area contributed by atoms with E-state index in [4.69, 9.17) is 28.3 Å². The number of benzene rings is 1. The van der Waals surface area contributed by atoms with Crippen LogP contribution in [0, 0.1) is 5.92 Å². The molecule has 2 rings (SSSR count). The van der Waals surface area contributed by atoms with E-state index < -0.39 is 11.9 Å². The molecule has 1 aromatic rings. The van der Waals surface area contributed by atoms with E-state index in [1.807, 2.05) is 0 Å². The number of carbonyl (C=O) groups excluding carboxylic acids is 1. The monoisotopic (exact) mass is 313 g/mol. The van der Waals surface area contributed by atoms with E-state index >= 15 is 0 Å². The van der Waals surface area contributed by atoms with Gasteiger partial charge in [0.1, 0.15) is 0 Å². The Morgan fingerprint density at radius 2 is 2.05 bits per heavy atom. The fraction of sp³-hybridized carbons (Fsp3) is 0.286. The van der Waals surface area contributed by atoms with Crippen molar-refractivity contribution in [2.75, 3.05) is 0 Å². The van der Waals surface area contributed by atoms with Gasteiger partial charge in [-0.3, -0.25) is 9.59 Å². The average Bonchev–Trinajstić information content (AvgIpc) is 2.81. The molecule has 0 saturated heterocycles. The van der Waals surface area contributed by atoms with Gasteiger partial charge in [0.2, 0.25) is 5.91 Å². The minimum atomic E-state index is -0.876. The van der Waals surface area contributed by atoms with Crippen molar-refractivity contribution in [3.63, 3.8) is 0 Å². The molecule has 1 aliphatic rings. The molecule has 2 N–H and O–H groups in total. The summed E-state index contributed by atoms with van der Waals surface area (Å²) in [6.45, 7) is 0. The molecule has 2 atom stereocenters. The predicted molar refractivity (Wildman–Crippen MR) is 77.0 cm³/mol. The highest BCUT2D eigenvalue weighted by Gasteiger charge is 2.25. The van der Waals surface area contributed by atoms with E-state index in [2.05, 4.69) is 5.32 Å². The van der Waals surface area contributed by atoms with E-state index in [9.17, 15) is 9.59 Å². The Kier molecular flexibility index (Phi) is 4.68. The predicted octanol–water partition coefficient (Wildman–Crippen LogP) is 2.68. The number of nitrogens with one attached hydrogen (secondary N) is 1. The summed E-state index contributed by atoms with van der Waals surface area (Å²) in [6, 6.07) is 4.72. The molecule has 2 unspecified atom stereocenters. The lowest BCUT2D eigenvalue weighted by Crippen LogP contribution is -2.34. The highest BCUT2D eigenvalue weighted by molar-refractivity contribution is 6.35. The second-order valence-electron chi connectivity index (χ2n) is 4.65. The van der Waals surface area contributed by atoms with Crippen molar-refractivity contribution in [1.82, 2.24) is 5.32 Å². The van der Waals surface area contributed by atoms with Crippen molar-refractivity contribution in [3.05, 3.63) is 46.0 Å². The van der Waals surface area contributed by atoms with E-state index in [1.54, 1.807) is 30.4 Å². The van der Waals surface area contributed by atoms with Crippen LogP contribution in [0.5, 0.6) is 0 Å². The number of rotatable bonds is 4. The molecule has 0 heterocycles. The summed E-state index contributed by atoms with van der Waals surface area (Å²) in [5.74, 6) is -1.60. The first-order valence-electron chi connectivity index (χ1n) is 6.10. The minimum Gasteiger partial charge on any atom is -0.481 e. The van der Waals surface area contributed by atoms with Gasteiger partial charge in [0.15, 0.2) is 0 Å². The van der Waals surface area contributed by atoms with Crippen molar-refractivity contribution in [2.45, 2.75) is 18.9 Å². The number of carbonyl (C=O) groups is 2.